The van der Waals surface area contributed by atoms with Gasteiger partial charge in [-0.25, -0.2) is 14.8 Å². The first-order valence-electron chi connectivity index (χ1n) is 18.1. The zero-order valence-electron chi connectivity index (χ0n) is 31.3. The molecule has 4 aromatic rings. The molecule has 0 spiro atoms. The minimum atomic E-state index is -0.656. The maximum absolute atomic E-state index is 14.0. The molecule has 2 aliphatic rings. The van der Waals surface area contributed by atoms with Gasteiger partial charge in [-0.3, -0.25) is 14.3 Å². The van der Waals surface area contributed by atoms with E-state index in [1.807, 2.05) is 30.3 Å². The zero-order valence-corrected chi connectivity index (χ0v) is 31.3. The molecule has 0 bridgehead atoms. The first-order chi connectivity index (χ1) is 25.4. The van der Waals surface area contributed by atoms with Crippen LogP contribution in [0.2, 0.25) is 0 Å². The maximum atomic E-state index is 14.0. The monoisotopic (exact) mass is 723 g/mol. The Morgan fingerprint density at radius 1 is 1.00 bits per heavy atom. The number of benzene rings is 2. The lowest BCUT2D eigenvalue weighted by atomic mass is 10.0. The van der Waals surface area contributed by atoms with Gasteiger partial charge in [0.25, 0.3) is 11.8 Å². The molecule has 2 aromatic heterocycles. The molecule has 3 amide bonds. The molecule has 0 radical (unpaired) electrons. The highest BCUT2D eigenvalue weighted by molar-refractivity contribution is 5.96. The van der Waals surface area contributed by atoms with Crippen molar-refractivity contribution >= 4 is 29.5 Å². The van der Waals surface area contributed by atoms with Gasteiger partial charge < -0.3 is 35.6 Å². The lowest BCUT2D eigenvalue weighted by Crippen LogP contribution is -2.43. The molecular weight excluding hydrogens is 674 g/mol. The van der Waals surface area contributed by atoms with Crippen LogP contribution in [0.5, 0.6) is 5.75 Å². The first kappa shape index (κ1) is 37.3. The molecule has 3 heterocycles. The van der Waals surface area contributed by atoms with E-state index in [0.717, 1.165) is 61.2 Å². The summed E-state index contributed by atoms with van der Waals surface area (Å²) in [4.78, 5) is 51.3. The van der Waals surface area contributed by atoms with Crippen molar-refractivity contribution in [3.63, 3.8) is 0 Å². The average Bonchev–Trinajstić information content (AvgIpc) is 3.34. The minimum Gasteiger partial charge on any atom is -0.495 e. The molecule has 1 aliphatic heterocycles. The third kappa shape index (κ3) is 9.12. The molecule has 280 valence electrons. The summed E-state index contributed by atoms with van der Waals surface area (Å²) in [7, 11) is 5.45. The van der Waals surface area contributed by atoms with Crippen LogP contribution in [-0.2, 0) is 24.6 Å². The van der Waals surface area contributed by atoms with Crippen LogP contribution in [0, 0.1) is 0 Å². The van der Waals surface area contributed by atoms with Gasteiger partial charge >= 0.3 is 6.09 Å². The van der Waals surface area contributed by atoms with Gasteiger partial charge in [0.2, 0.25) is 5.95 Å². The smallest absolute Gasteiger partial charge is 0.407 e. The molecule has 0 saturated carbocycles. The van der Waals surface area contributed by atoms with Crippen LogP contribution >= 0.6 is 0 Å². The van der Waals surface area contributed by atoms with Crippen LogP contribution in [0.15, 0.2) is 54.7 Å². The standard InChI is InChI=1S/C39H49N9O5/c1-39(2,3)53-38(51)41-23-30(24-11-8-7-9-12-24)43-36(50)33-28-14-10-13-26-22-40-37(45-32(26)34(28)48(5)46-33)44-29-16-15-25(21-31(29)52-6)35(49)42-27-17-19-47(4)20-18-27/h7-9,11-12,15-16,21-22,27,30H,10,13-14,17-20,23H2,1-6H3,(H,41,51)(H,42,49)(H,43,50)(H,40,44,45). The van der Waals surface area contributed by atoms with Gasteiger partial charge in [0.05, 0.1) is 30.2 Å². The topological polar surface area (TPSA) is 165 Å². The number of aromatic nitrogens is 4. The maximum Gasteiger partial charge on any atom is 0.407 e. The second-order valence-electron chi connectivity index (χ2n) is 14.6. The fourth-order valence-electron chi connectivity index (χ4n) is 6.74. The summed E-state index contributed by atoms with van der Waals surface area (Å²) in [5.74, 6) is 0.322. The summed E-state index contributed by atoms with van der Waals surface area (Å²) in [5, 5.41) is 17.0. The fourth-order valence-corrected chi connectivity index (χ4v) is 6.74. The summed E-state index contributed by atoms with van der Waals surface area (Å²) < 4.78 is 12.8. The number of likely N-dealkylation sites (tertiary alicyclic amines) is 1. The van der Waals surface area contributed by atoms with Gasteiger partial charge in [0.1, 0.15) is 11.4 Å². The average molecular weight is 724 g/mol. The number of piperidine rings is 1. The highest BCUT2D eigenvalue weighted by Gasteiger charge is 2.29. The lowest BCUT2D eigenvalue weighted by molar-refractivity contribution is 0.0519. The molecule has 1 atom stereocenters. The Bertz CT molecular complexity index is 1950. The number of carbonyl (C=O) groups excluding carboxylic acids is 3. The highest BCUT2D eigenvalue weighted by Crippen LogP contribution is 2.35. The molecular formula is C39H49N9O5. The number of nitrogens with zero attached hydrogens (tertiary/aromatic N) is 5. The number of fused-ring (bicyclic) bond motifs is 3. The van der Waals surface area contributed by atoms with Crippen LogP contribution in [0.4, 0.5) is 16.4 Å². The predicted molar refractivity (Wildman–Crippen MR) is 201 cm³/mol. The molecule has 2 aromatic carbocycles. The molecule has 14 nitrogen and oxygen atoms in total. The van der Waals surface area contributed by atoms with E-state index >= 15 is 0 Å². The number of nitrogens with one attached hydrogen (secondary N) is 4. The molecule has 53 heavy (non-hydrogen) atoms. The van der Waals surface area contributed by atoms with Crippen LogP contribution in [0.25, 0.3) is 11.4 Å². The number of hydrogen-bond donors (Lipinski definition) is 4. The number of ether oxygens (including phenoxy) is 2. The number of alkyl carbamates (subject to hydrolysis) is 1. The normalized spacial score (nSPS) is 15.3. The molecule has 4 N–H and O–H groups in total. The van der Waals surface area contributed by atoms with Gasteiger partial charge in [-0.05, 0) is 102 Å². The van der Waals surface area contributed by atoms with Gasteiger partial charge in [-0.2, -0.15) is 5.10 Å². The van der Waals surface area contributed by atoms with Crippen molar-refractivity contribution in [2.75, 3.05) is 39.1 Å². The Morgan fingerprint density at radius 3 is 2.47 bits per heavy atom. The third-order valence-corrected chi connectivity index (χ3v) is 9.44. The van der Waals surface area contributed by atoms with Crippen LogP contribution in [0.1, 0.15) is 83.6 Å². The molecule has 1 aliphatic carbocycles. The lowest BCUT2D eigenvalue weighted by Gasteiger charge is -2.29. The quantitative estimate of drug-likeness (QED) is 0.176. The summed E-state index contributed by atoms with van der Waals surface area (Å²) in [6.45, 7) is 7.42. The molecule has 14 heteroatoms. The van der Waals surface area contributed by atoms with Crippen LogP contribution < -0.4 is 26.0 Å². The number of rotatable bonds is 10. The number of carbonyl (C=O) groups is 3. The molecule has 1 unspecified atom stereocenters. The number of aryl methyl sites for hydroxylation is 2. The second kappa shape index (κ2) is 16.0. The van der Waals surface area contributed by atoms with Gasteiger partial charge in [-0.15, -0.1) is 0 Å². The fraction of sp³-hybridized carbons (Fsp3) is 0.436. The predicted octanol–water partition coefficient (Wildman–Crippen LogP) is 4.94. The second-order valence-corrected chi connectivity index (χ2v) is 14.6. The van der Waals surface area contributed by atoms with E-state index in [4.69, 9.17) is 14.5 Å². The van der Waals surface area contributed by atoms with Crippen molar-refractivity contribution in [2.24, 2.45) is 7.05 Å². The van der Waals surface area contributed by atoms with Gasteiger partial charge in [0.15, 0.2) is 5.69 Å². The summed E-state index contributed by atoms with van der Waals surface area (Å²) in [6.07, 6.45) is 5.19. The van der Waals surface area contributed by atoms with E-state index in [-0.39, 0.29) is 24.4 Å². The van der Waals surface area contributed by atoms with E-state index in [9.17, 15) is 14.4 Å². The Labute approximate surface area is 310 Å². The number of methoxy groups -OCH3 is 1. The van der Waals surface area contributed by atoms with Crippen molar-refractivity contribution in [3.05, 3.63) is 82.7 Å². The van der Waals surface area contributed by atoms with E-state index in [1.165, 1.54) is 0 Å². The Balaban J connectivity index is 1.21. The van der Waals surface area contributed by atoms with Crippen molar-refractivity contribution in [3.8, 4) is 17.1 Å². The SMILES string of the molecule is COc1cc(C(=O)NC2CCN(C)CC2)ccc1Nc1ncc2c(n1)-c1c(c(C(=O)NC(CNC(=O)OC(C)(C)C)c3ccccc3)nn1C)CCC2. The Hall–Kier alpha value is -5.50. The van der Waals surface area contributed by atoms with Crippen molar-refractivity contribution < 1.29 is 23.9 Å². The van der Waals surface area contributed by atoms with Crippen molar-refractivity contribution in [1.82, 2.24) is 40.6 Å². The summed E-state index contributed by atoms with van der Waals surface area (Å²) in [6, 6.07) is 14.3. The van der Waals surface area contributed by atoms with E-state index in [0.29, 0.717) is 40.8 Å². The van der Waals surface area contributed by atoms with Crippen molar-refractivity contribution in [2.45, 2.75) is 70.6 Å². The summed E-state index contributed by atoms with van der Waals surface area (Å²) in [5.41, 5.74) is 4.75. The van der Waals surface area contributed by atoms with Gasteiger partial charge in [-0.1, -0.05) is 30.3 Å². The Morgan fingerprint density at radius 2 is 1.75 bits per heavy atom. The molecule has 6 rings (SSSR count). The molecule has 1 saturated heterocycles. The molecule has 1 fully saturated rings. The highest BCUT2D eigenvalue weighted by atomic mass is 16.6. The zero-order chi connectivity index (χ0) is 37.7. The van der Waals surface area contributed by atoms with Crippen LogP contribution in [-0.4, -0.2) is 88.0 Å². The minimum absolute atomic E-state index is 0.123. The van der Waals surface area contributed by atoms with Crippen molar-refractivity contribution in [1.29, 1.82) is 0 Å². The Kier molecular flexibility index (Phi) is 11.3. The largest absolute Gasteiger partial charge is 0.495 e. The van der Waals surface area contributed by atoms with E-state index < -0.39 is 17.7 Å². The van der Waals surface area contributed by atoms with E-state index in [1.54, 1.807) is 64.0 Å². The number of amides is 3. The third-order valence-electron chi connectivity index (χ3n) is 9.44. The van der Waals surface area contributed by atoms with E-state index in [2.05, 4.69) is 43.3 Å². The first-order valence-corrected chi connectivity index (χ1v) is 18.1. The van der Waals surface area contributed by atoms with Gasteiger partial charge in [0, 0.05) is 37.0 Å². The summed E-state index contributed by atoms with van der Waals surface area (Å²) >= 11 is 0. The number of hydrogen-bond acceptors (Lipinski definition) is 10. The van der Waals surface area contributed by atoms with Crippen LogP contribution in [0.3, 0.4) is 0 Å². The number of anilines is 2.